The average Bonchev–Trinajstić information content (AvgIpc) is 3.33. The Morgan fingerprint density at radius 2 is 1.81 bits per heavy atom. The number of aromatic nitrogens is 5. The van der Waals surface area contributed by atoms with E-state index in [9.17, 15) is 14.3 Å². The highest BCUT2D eigenvalue weighted by atomic mass is 19.1. The number of aliphatic hydroxyl groups excluding tert-OH is 1. The molecule has 5 rings (SSSR count). The number of fused-ring (bicyclic) bond motifs is 1. The number of H-pyrrole nitrogens is 1. The number of nitrogens with one attached hydrogen (secondary N) is 1. The second-order valence-electron chi connectivity index (χ2n) is 8.84. The Morgan fingerprint density at radius 3 is 2.50 bits per heavy atom. The maximum absolute atomic E-state index is 13.4. The number of ether oxygens (including phenoxy) is 2. The van der Waals surface area contributed by atoms with Gasteiger partial charge in [0, 0.05) is 30.1 Å². The summed E-state index contributed by atoms with van der Waals surface area (Å²) < 4.78 is 25.9. The van der Waals surface area contributed by atoms with Crippen molar-refractivity contribution >= 4 is 10.9 Å². The van der Waals surface area contributed by atoms with E-state index in [2.05, 4.69) is 25.4 Å². The summed E-state index contributed by atoms with van der Waals surface area (Å²) in [5.74, 6) is 1.22. The molecule has 188 valence electrons. The third kappa shape index (κ3) is 4.67. The fraction of sp³-hybridized carbons (Fsp3) is 0.360. The maximum atomic E-state index is 13.4. The molecule has 0 amide bonds. The lowest BCUT2D eigenvalue weighted by Gasteiger charge is -2.35. The molecule has 0 unspecified atom stereocenters. The average molecular weight is 495 g/mol. The van der Waals surface area contributed by atoms with Gasteiger partial charge in [-0.05, 0) is 53.1 Å². The molecule has 1 atom stereocenters. The van der Waals surface area contributed by atoms with Crippen molar-refractivity contribution in [2.24, 2.45) is 0 Å². The Balaban J connectivity index is 1.61. The minimum atomic E-state index is -0.561. The number of hydrogen-bond donors (Lipinski definition) is 2. The van der Waals surface area contributed by atoms with E-state index in [1.165, 1.54) is 19.2 Å². The van der Waals surface area contributed by atoms with Gasteiger partial charge in [0.25, 0.3) is 5.56 Å². The number of rotatable bonds is 7. The van der Waals surface area contributed by atoms with E-state index in [1.54, 1.807) is 30.0 Å². The molecule has 0 aliphatic carbocycles. The zero-order valence-electron chi connectivity index (χ0n) is 20.0. The van der Waals surface area contributed by atoms with Crippen molar-refractivity contribution in [1.29, 1.82) is 0 Å². The molecule has 1 fully saturated rings. The Labute approximate surface area is 206 Å². The van der Waals surface area contributed by atoms with Gasteiger partial charge in [-0.25, -0.2) is 9.07 Å². The third-order valence-corrected chi connectivity index (χ3v) is 6.59. The number of likely N-dealkylation sites (tertiary alicyclic amines) is 1. The fourth-order valence-corrected chi connectivity index (χ4v) is 4.68. The second kappa shape index (κ2) is 10.0. The van der Waals surface area contributed by atoms with Crippen molar-refractivity contribution < 1.29 is 19.0 Å². The fourth-order valence-electron chi connectivity index (χ4n) is 4.68. The predicted octanol–water partition coefficient (Wildman–Crippen LogP) is 2.27. The van der Waals surface area contributed by atoms with Crippen molar-refractivity contribution in [3.63, 3.8) is 0 Å². The molecular formula is C25H27FN6O4. The van der Waals surface area contributed by atoms with Gasteiger partial charge >= 0.3 is 0 Å². The Bertz CT molecular complexity index is 1410. The summed E-state index contributed by atoms with van der Waals surface area (Å²) in [7, 11) is 3.10. The van der Waals surface area contributed by atoms with E-state index in [1.807, 2.05) is 12.1 Å². The molecule has 2 aromatic carbocycles. The van der Waals surface area contributed by atoms with Gasteiger partial charge in [0.15, 0.2) is 17.3 Å². The molecule has 0 bridgehead atoms. The summed E-state index contributed by atoms with van der Waals surface area (Å²) in [5.41, 5.74) is 1.63. The summed E-state index contributed by atoms with van der Waals surface area (Å²) in [5, 5.41) is 23.2. The minimum absolute atomic E-state index is 0.276. The van der Waals surface area contributed by atoms with Crippen LogP contribution in [0.3, 0.4) is 0 Å². The highest BCUT2D eigenvalue weighted by Gasteiger charge is 2.33. The van der Waals surface area contributed by atoms with E-state index in [4.69, 9.17) is 9.47 Å². The summed E-state index contributed by atoms with van der Waals surface area (Å²) in [6, 6.07) is 10.9. The van der Waals surface area contributed by atoms with E-state index in [-0.39, 0.29) is 17.5 Å². The number of methoxy groups -OCH3 is 2. The first kappa shape index (κ1) is 23.9. The SMILES string of the molecule is COc1cc2cc([C@@H](c3nnnn3Cc3ccc(F)cc3)N3CCC(O)CC3)c(=O)[nH]c2cc1OC. The smallest absolute Gasteiger partial charge is 0.253 e. The van der Waals surface area contributed by atoms with Gasteiger partial charge in [-0.1, -0.05) is 12.1 Å². The lowest BCUT2D eigenvalue weighted by atomic mass is 9.99. The largest absolute Gasteiger partial charge is 0.493 e. The quantitative estimate of drug-likeness (QED) is 0.402. The van der Waals surface area contributed by atoms with Gasteiger partial charge in [-0.3, -0.25) is 9.69 Å². The van der Waals surface area contributed by atoms with Crippen LogP contribution in [0.25, 0.3) is 10.9 Å². The zero-order chi connectivity index (χ0) is 25.2. The molecule has 1 saturated heterocycles. The first-order valence-corrected chi connectivity index (χ1v) is 11.7. The van der Waals surface area contributed by atoms with Gasteiger partial charge in [0.05, 0.1) is 32.4 Å². The van der Waals surface area contributed by atoms with Crippen LogP contribution in [-0.2, 0) is 6.54 Å². The molecular weight excluding hydrogens is 467 g/mol. The molecule has 2 N–H and O–H groups in total. The maximum Gasteiger partial charge on any atom is 0.253 e. The van der Waals surface area contributed by atoms with E-state index in [0.29, 0.717) is 60.9 Å². The molecule has 4 aromatic rings. The van der Waals surface area contributed by atoms with E-state index < -0.39 is 6.04 Å². The topological polar surface area (TPSA) is 118 Å². The number of tetrazole rings is 1. The van der Waals surface area contributed by atoms with Gasteiger partial charge in [-0.15, -0.1) is 5.10 Å². The molecule has 0 saturated carbocycles. The highest BCUT2D eigenvalue weighted by Crippen LogP contribution is 2.34. The molecule has 1 aliphatic rings. The van der Waals surface area contributed by atoms with Crippen LogP contribution in [0.15, 0.2) is 47.3 Å². The molecule has 0 radical (unpaired) electrons. The number of benzene rings is 2. The number of aromatic amines is 1. The standard InChI is InChI=1S/C25H27FN6O4/c1-35-21-12-16-11-19(25(34)27-20(16)13-22(21)36-2)23(31-9-7-18(33)8-10-31)24-28-29-30-32(24)14-15-3-5-17(26)6-4-15/h3-6,11-13,18,23,33H,7-10,14H2,1-2H3,(H,27,34)/t23-/m0/s1. The van der Waals surface area contributed by atoms with Gasteiger partial charge < -0.3 is 19.6 Å². The van der Waals surface area contributed by atoms with Crippen LogP contribution in [-0.4, -0.2) is 68.6 Å². The van der Waals surface area contributed by atoms with Crippen LogP contribution in [0.5, 0.6) is 11.5 Å². The van der Waals surface area contributed by atoms with Gasteiger partial charge in [0.2, 0.25) is 0 Å². The molecule has 11 heteroatoms. The molecule has 3 heterocycles. The monoisotopic (exact) mass is 494 g/mol. The van der Waals surface area contributed by atoms with Crippen molar-refractivity contribution in [3.8, 4) is 11.5 Å². The first-order valence-electron chi connectivity index (χ1n) is 11.7. The lowest BCUT2D eigenvalue weighted by molar-refractivity contribution is 0.0659. The second-order valence-corrected chi connectivity index (χ2v) is 8.84. The molecule has 0 spiro atoms. The molecule has 10 nitrogen and oxygen atoms in total. The van der Waals surface area contributed by atoms with Crippen LogP contribution in [0, 0.1) is 5.82 Å². The lowest BCUT2D eigenvalue weighted by Crippen LogP contribution is -2.41. The highest BCUT2D eigenvalue weighted by molar-refractivity contribution is 5.83. The summed E-state index contributed by atoms with van der Waals surface area (Å²) >= 11 is 0. The number of piperidine rings is 1. The predicted molar refractivity (Wildman–Crippen MR) is 130 cm³/mol. The first-order chi connectivity index (χ1) is 17.5. The summed E-state index contributed by atoms with van der Waals surface area (Å²) in [6.07, 6.45) is 0.766. The normalized spacial score (nSPS) is 15.8. The summed E-state index contributed by atoms with van der Waals surface area (Å²) in [6.45, 7) is 1.45. The van der Waals surface area contributed by atoms with Crippen LogP contribution in [0.4, 0.5) is 4.39 Å². The van der Waals surface area contributed by atoms with Crippen LogP contribution < -0.4 is 15.0 Å². The molecule has 1 aliphatic heterocycles. The van der Waals surface area contributed by atoms with Crippen LogP contribution in [0.2, 0.25) is 0 Å². The van der Waals surface area contributed by atoms with Crippen molar-refractivity contribution in [2.75, 3.05) is 27.3 Å². The third-order valence-electron chi connectivity index (χ3n) is 6.59. The summed E-state index contributed by atoms with van der Waals surface area (Å²) in [4.78, 5) is 18.5. The van der Waals surface area contributed by atoms with Crippen molar-refractivity contribution in [1.82, 2.24) is 30.1 Å². The number of hydrogen-bond acceptors (Lipinski definition) is 8. The number of halogens is 1. The minimum Gasteiger partial charge on any atom is -0.493 e. The van der Waals surface area contributed by atoms with E-state index in [0.717, 1.165) is 10.9 Å². The number of pyridine rings is 1. The van der Waals surface area contributed by atoms with E-state index >= 15 is 0 Å². The number of aliphatic hydroxyl groups is 1. The van der Waals surface area contributed by atoms with Crippen molar-refractivity contribution in [2.45, 2.75) is 31.5 Å². The number of nitrogens with zero attached hydrogens (tertiary/aromatic N) is 5. The van der Waals surface area contributed by atoms with Crippen LogP contribution >= 0.6 is 0 Å². The van der Waals surface area contributed by atoms with Gasteiger partial charge in [0.1, 0.15) is 11.9 Å². The molecule has 36 heavy (non-hydrogen) atoms. The Hall–Kier alpha value is -3.83. The van der Waals surface area contributed by atoms with Crippen LogP contribution in [0.1, 0.15) is 35.8 Å². The Kier molecular flexibility index (Phi) is 6.66. The van der Waals surface area contributed by atoms with Crippen molar-refractivity contribution in [3.05, 3.63) is 75.6 Å². The Morgan fingerprint density at radius 1 is 1.11 bits per heavy atom. The zero-order valence-corrected chi connectivity index (χ0v) is 20.0. The molecule has 2 aromatic heterocycles. The van der Waals surface area contributed by atoms with Gasteiger partial charge in [-0.2, -0.15) is 0 Å².